The minimum absolute atomic E-state index is 0.00310. The number of nitrogen functional groups attached to an aromatic ring is 1. The van der Waals surface area contributed by atoms with E-state index in [4.69, 9.17) is 15.2 Å². The molecule has 0 spiro atoms. The molecule has 1 fully saturated rings. The van der Waals surface area contributed by atoms with Gasteiger partial charge in [0.15, 0.2) is 23.6 Å². The number of hydrogen-bond donors (Lipinski definition) is 6. The van der Waals surface area contributed by atoms with Gasteiger partial charge in [-0.2, -0.15) is 0 Å². The van der Waals surface area contributed by atoms with E-state index in [1.807, 2.05) is 18.2 Å². The first kappa shape index (κ1) is 29.9. The first-order valence-corrected chi connectivity index (χ1v) is 14.5. The molecular weight excluding hydrogens is 568 g/mol. The summed E-state index contributed by atoms with van der Waals surface area (Å²) in [4.78, 5) is 39.7. The molecule has 0 radical (unpaired) electrons. The van der Waals surface area contributed by atoms with Crippen LogP contribution in [0.25, 0.3) is 0 Å². The summed E-state index contributed by atoms with van der Waals surface area (Å²) >= 11 is 0. The van der Waals surface area contributed by atoms with Gasteiger partial charge in [-0.1, -0.05) is 42.5 Å². The first-order valence-electron chi connectivity index (χ1n) is 14.5. The number of ketones is 3. The molecule has 1 aliphatic heterocycles. The fourth-order valence-electron chi connectivity index (χ4n) is 6.53. The molecular formula is C33H34N2O9. The highest BCUT2D eigenvalue weighted by Gasteiger charge is 2.49. The minimum Gasteiger partial charge on any atom is -0.507 e. The van der Waals surface area contributed by atoms with E-state index in [-0.39, 0.29) is 46.2 Å². The van der Waals surface area contributed by atoms with Crippen LogP contribution in [0.4, 0.5) is 5.69 Å². The Labute approximate surface area is 253 Å². The van der Waals surface area contributed by atoms with Crippen molar-refractivity contribution >= 4 is 23.0 Å². The number of ether oxygens (including phenoxy) is 2. The molecule has 3 aliphatic rings. The van der Waals surface area contributed by atoms with Gasteiger partial charge in [-0.05, 0) is 25.5 Å². The van der Waals surface area contributed by atoms with Gasteiger partial charge < -0.3 is 41.0 Å². The Balaban J connectivity index is 1.37. The second-order valence-electron chi connectivity index (χ2n) is 11.8. The van der Waals surface area contributed by atoms with Crippen molar-refractivity contribution in [2.75, 3.05) is 5.73 Å². The molecule has 6 atom stereocenters. The van der Waals surface area contributed by atoms with Crippen molar-refractivity contribution in [3.05, 3.63) is 87.5 Å². The van der Waals surface area contributed by atoms with Crippen molar-refractivity contribution in [2.45, 2.75) is 75.9 Å². The van der Waals surface area contributed by atoms with Gasteiger partial charge in [-0.3, -0.25) is 14.4 Å². The van der Waals surface area contributed by atoms with Crippen LogP contribution >= 0.6 is 0 Å². The lowest BCUT2D eigenvalue weighted by atomic mass is 9.72. The van der Waals surface area contributed by atoms with Gasteiger partial charge >= 0.3 is 0 Å². The third-order valence-electron chi connectivity index (χ3n) is 9.06. The monoisotopic (exact) mass is 602 g/mol. The van der Waals surface area contributed by atoms with Gasteiger partial charge in [-0.15, -0.1) is 0 Å². The van der Waals surface area contributed by atoms with E-state index in [0.717, 1.165) is 5.56 Å². The number of carbonyl (C=O) groups is 3. The molecule has 4 unspecified atom stereocenters. The average molecular weight is 603 g/mol. The molecule has 230 valence electrons. The zero-order valence-corrected chi connectivity index (χ0v) is 24.2. The van der Waals surface area contributed by atoms with Gasteiger partial charge in [0.1, 0.15) is 17.1 Å². The average Bonchev–Trinajstić information content (AvgIpc) is 2.99. The number of aromatic hydroxyl groups is 2. The van der Waals surface area contributed by atoms with Crippen molar-refractivity contribution in [1.29, 1.82) is 0 Å². The number of benzene rings is 3. The fraction of sp³-hybridized carbons (Fsp3) is 0.364. The summed E-state index contributed by atoms with van der Waals surface area (Å²) in [7, 11) is 0. The van der Waals surface area contributed by atoms with Crippen molar-refractivity contribution in [1.82, 2.24) is 5.32 Å². The number of nitrogens with two attached hydrogens (primary N) is 1. The quantitative estimate of drug-likeness (QED) is 0.140. The maximum atomic E-state index is 13.5. The molecule has 0 amide bonds. The van der Waals surface area contributed by atoms with Crippen LogP contribution in [0.15, 0.2) is 48.5 Å². The predicted molar refractivity (Wildman–Crippen MR) is 157 cm³/mol. The number of rotatable bonds is 6. The van der Waals surface area contributed by atoms with E-state index in [1.165, 1.54) is 19.1 Å². The topological polar surface area (TPSA) is 189 Å². The lowest BCUT2D eigenvalue weighted by Crippen LogP contribution is -2.54. The van der Waals surface area contributed by atoms with Crippen LogP contribution < -0.4 is 11.1 Å². The molecule has 0 bridgehead atoms. The van der Waals surface area contributed by atoms with Gasteiger partial charge in [0.25, 0.3) is 0 Å². The Bertz CT molecular complexity index is 1690. The molecule has 44 heavy (non-hydrogen) atoms. The Kier molecular flexibility index (Phi) is 7.55. The standard InChI is InChI=1S/C33H34N2O9/c1-15-28(37)22(35-14-17-7-3-6-10-21(17)34)11-24(43-15)44-23-13-33(42,16(2)36)12-20-25(23)32(41)27-26(31(20)40)29(38)18-8-4-5-9-19(18)30(27)39/h3-10,15,22-24,28,35,37,40-42H,11-14,34H2,1-2H3/t15?,22?,23-,24?,28?,33-/m0/s1. The summed E-state index contributed by atoms with van der Waals surface area (Å²) in [5, 5.41) is 48.6. The highest BCUT2D eigenvalue weighted by Crippen LogP contribution is 2.52. The van der Waals surface area contributed by atoms with Gasteiger partial charge in [0.2, 0.25) is 0 Å². The van der Waals surface area contributed by atoms with E-state index >= 15 is 0 Å². The van der Waals surface area contributed by atoms with Crippen molar-refractivity contribution < 1.29 is 44.3 Å². The number of para-hydroxylation sites is 1. The van der Waals surface area contributed by atoms with Crippen LogP contribution in [0.2, 0.25) is 0 Å². The molecule has 11 heteroatoms. The van der Waals surface area contributed by atoms with E-state index in [0.29, 0.717) is 12.2 Å². The number of carbonyl (C=O) groups excluding carboxylic acids is 3. The highest BCUT2D eigenvalue weighted by molar-refractivity contribution is 6.30. The zero-order valence-electron chi connectivity index (χ0n) is 24.2. The third-order valence-corrected chi connectivity index (χ3v) is 9.06. The number of anilines is 1. The van der Waals surface area contributed by atoms with E-state index < -0.39 is 71.5 Å². The molecule has 11 nitrogen and oxygen atoms in total. The van der Waals surface area contributed by atoms with Crippen LogP contribution in [0.3, 0.4) is 0 Å². The van der Waals surface area contributed by atoms with Gasteiger partial charge in [0.05, 0.1) is 29.4 Å². The zero-order chi connectivity index (χ0) is 31.5. The number of phenols is 2. The molecule has 1 saturated heterocycles. The summed E-state index contributed by atoms with van der Waals surface area (Å²) in [5.74, 6) is -3.07. The molecule has 6 rings (SSSR count). The fourth-order valence-corrected chi connectivity index (χ4v) is 6.53. The molecule has 3 aromatic rings. The number of hydrogen-bond acceptors (Lipinski definition) is 11. The largest absolute Gasteiger partial charge is 0.507 e. The summed E-state index contributed by atoms with van der Waals surface area (Å²) in [6.45, 7) is 3.24. The normalized spacial score (nSPS) is 27.8. The second kappa shape index (κ2) is 11.1. The summed E-state index contributed by atoms with van der Waals surface area (Å²) in [5.41, 5.74) is 4.86. The molecule has 7 N–H and O–H groups in total. The number of aliphatic hydroxyl groups is 2. The Morgan fingerprint density at radius 2 is 1.66 bits per heavy atom. The number of Topliss-reactive ketones (excluding diaryl/α,β-unsaturated/α-hetero) is 1. The lowest BCUT2D eigenvalue weighted by Gasteiger charge is -2.43. The Morgan fingerprint density at radius 3 is 2.30 bits per heavy atom. The summed E-state index contributed by atoms with van der Waals surface area (Å²) < 4.78 is 12.3. The van der Waals surface area contributed by atoms with Crippen LogP contribution in [0.1, 0.15) is 81.3 Å². The van der Waals surface area contributed by atoms with Crippen LogP contribution in [-0.4, -0.2) is 67.9 Å². The van der Waals surface area contributed by atoms with Crippen LogP contribution in [0, 0.1) is 0 Å². The number of aliphatic hydroxyl groups excluding tert-OH is 1. The first-order chi connectivity index (χ1) is 20.9. The molecule has 2 aliphatic carbocycles. The van der Waals surface area contributed by atoms with E-state index in [2.05, 4.69) is 5.32 Å². The maximum Gasteiger partial charge on any atom is 0.198 e. The second-order valence-corrected chi connectivity index (χ2v) is 11.8. The smallest absolute Gasteiger partial charge is 0.198 e. The minimum atomic E-state index is -2.00. The lowest BCUT2D eigenvalue weighted by molar-refractivity contribution is -0.249. The van der Waals surface area contributed by atoms with Crippen molar-refractivity contribution in [3.8, 4) is 11.5 Å². The summed E-state index contributed by atoms with van der Waals surface area (Å²) in [6.07, 6.45) is -4.36. The van der Waals surface area contributed by atoms with Crippen LogP contribution in [0.5, 0.6) is 11.5 Å². The molecule has 0 saturated carbocycles. The predicted octanol–water partition coefficient (Wildman–Crippen LogP) is 2.43. The third kappa shape index (κ3) is 4.86. The van der Waals surface area contributed by atoms with Crippen molar-refractivity contribution in [2.24, 2.45) is 0 Å². The van der Waals surface area contributed by atoms with Gasteiger partial charge in [-0.25, -0.2) is 0 Å². The van der Waals surface area contributed by atoms with E-state index in [1.54, 1.807) is 25.1 Å². The molecule has 3 aromatic carbocycles. The maximum absolute atomic E-state index is 13.5. The highest BCUT2D eigenvalue weighted by atomic mass is 16.7. The Hall–Kier alpha value is -4.13. The number of nitrogens with one attached hydrogen (secondary N) is 1. The molecule has 0 aromatic heterocycles. The van der Waals surface area contributed by atoms with Crippen LogP contribution in [-0.2, 0) is 27.2 Å². The Morgan fingerprint density at radius 1 is 1.05 bits per heavy atom. The number of fused-ring (bicyclic) bond motifs is 3. The van der Waals surface area contributed by atoms with Gasteiger partial charge in [0, 0.05) is 59.8 Å². The van der Waals surface area contributed by atoms with E-state index in [9.17, 15) is 34.8 Å². The SMILES string of the molecule is CC(=O)[C@]1(O)Cc2c(O)c3c(c(O)c2[C@@H](OC2CC(NCc4ccccc4N)C(O)C(C)O2)C1)C(=O)c1ccccc1C3=O. The molecule has 1 heterocycles. The summed E-state index contributed by atoms with van der Waals surface area (Å²) in [6, 6.07) is 12.9. The van der Waals surface area contributed by atoms with Crippen molar-refractivity contribution in [3.63, 3.8) is 0 Å². The number of phenolic OH excluding ortho intramolecular Hbond substituents is 2.